The zero-order valence-corrected chi connectivity index (χ0v) is 22.7. The van der Waals surface area contributed by atoms with E-state index in [2.05, 4.69) is 30.6 Å². The van der Waals surface area contributed by atoms with Crippen LogP contribution in [0.2, 0.25) is 0 Å². The van der Waals surface area contributed by atoms with Crippen molar-refractivity contribution >= 4 is 52.0 Å². The molecule has 0 atom stereocenters. The summed E-state index contributed by atoms with van der Waals surface area (Å²) in [5, 5.41) is 29.5. The van der Waals surface area contributed by atoms with E-state index in [9.17, 15) is 37.5 Å². The summed E-state index contributed by atoms with van der Waals surface area (Å²) in [7, 11) is 2.16. The number of amides is 2. The first-order chi connectivity index (χ1) is 20.9. The standard InChI is InChI=1S/C28H20F3N5O8/c1-42-23(37)12-33-21-10-22-18(9-16(21)15-5-4-14(34-27(41)43-2)8-19(15)28(29,30)31)24(36-44-22)25(38)35-20-6-3-13(11-32)7-17(20)26(39)40/h3-10,33H,12H2,1-2H3,(H,34,41)(H,35,38)(H,39,40). The van der Waals surface area contributed by atoms with Crippen LogP contribution in [0, 0.1) is 11.3 Å². The van der Waals surface area contributed by atoms with E-state index in [-0.39, 0.29) is 39.2 Å². The minimum absolute atomic E-state index is 0.0227. The fourth-order valence-electron chi connectivity index (χ4n) is 4.10. The fraction of sp³-hybridized carbons (Fsp3) is 0.143. The van der Waals surface area contributed by atoms with Crippen molar-refractivity contribution < 1.29 is 51.5 Å². The number of hydrogen-bond acceptors (Lipinski definition) is 10. The van der Waals surface area contributed by atoms with Gasteiger partial charge in [-0.1, -0.05) is 11.2 Å². The van der Waals surface area contributed by atoms with Crippen molar-refractivity contribution in [2.45, 2.75) is 6.18 Å². The van der Waals surface area contributed by atoms with Gasteiger partial charge in [-0.05, 0) is 42.0 Å². The average molecular weight is 611 g/mol. The molecule has 0 aliphatic heterocycles. The van der Waals surface area contributed by atoms with Crippen LogP contribution in [0.15, 0.2) is 53.1 Å². The van der Waals surface area contributed by atoms with Gasteiger partial charge in [0.25, 0.3) is 5.91 Å². The molecule has 4 N–H and O–H groups in total. The van der Waals surface area contributed by atoms with Gasteiger partial charge in [0.1, 0.15) is 6.54 Å². The number of anilines is 3. The van der Waals surface area contributed by atoms with Crippen molar-refractivity contribution in [3.8, 4) is 17.2 Å². The number of carbonyl (C=O) groups is 4. The number of nitrogens with zero attached hydrogens (tertiary/aromatic N) is 2. The van der Waals surface area contributed by atoms with E-state index in [4.69, 9.17) is 9.78 Å². The first-order valence-electron chi connectivity index (χ1n) is 12.3. The second kappa shape index (κ2) is 12.4. The number of carbonyl (C=O) groups excluding carboxylic acids is 3. The quantitative estimate of drug-likeness (QED) is 0.194. The molecule has 4 rings (SSSR count). The highest BCUT2D eigenvalue weighted by atomic mass is 19.4. The van der Waals surface area contributed by atoms with Crippen LogP contribution >= 0.6 is 0 Å². The number of aromatic nitrogens is 1. The second-order valence-electron chi connectivity index (χ2n) is 8.86. The Labute approximate surface area is 245 Å². The zero-order chi connectivity index (χ0) is 32.2. The SMILES string of the molecule is COC(=O)CNc1cc2onc(C(=O)Nc3ccc(C#N)cc3C(=O)O)c2cc1-c1ccc(NC(=O)OC)cc1C(F)(F)F. The molecule has 1 aromatic heterocycles. The second-order valence-corrected chi connectivity index (χ2v) is 8.86. The number of nitrogens with one attached hydrogen (secondary N) is 3. The summed E-state index contributed by atoms with van der Waals surface area (Å²) in [6.45, 7) is -0.448. The lowest BCUT2D eigenvalue weighted by Crippen LogP contribution is -2.17. The maximum Gasteiger partial charge on any atom is 0.417 e. The van der Waals surface area contributed by atoms with Gasteiger partial charge in [0, 0.05) is 23.0 Å². The monoisotopic (exact) mass is 611 g/mol. The third-order valence-electron chi connectivity index (χ3n) is 6.15. The van der Waals surface area contributed by atoms with E-state index >= 15 is 0 Å². The molecule has 0 fully saturated rings. The molecule has 4 aromatic rings. The van der Waals surface area contributed by atoms with Crippen LogP contribution in [0.1, 0.15) is 32.0 Å². The van der Waals surface area contributed by atoms with Crippen LogP contribution in [0.25, 0.3) is 22.1 Å². The van der Waals surface area contributed by atoms with E-state index in [1.54, 1.807) is 6.07 Å². The molecule has 0 spiro atoms. The molecule has 3 aromatic carbocycles. The molecule has 0 saturated carbocycles. The number of nitriles is 1. The number of halogens is 3. The third kappa shape index (κ3) is 6.51. The maximum atomic E-state index is 14.3. The molecule has 0 aliphatic rings. The molecule has 2 amide bonds. The van der Waals surface area contributed by atoms with Crippen LogP contribution in [0.4, 0.5) is 35.0 Å². The Morgan fingerprint density at radius 2 is 1.73 bits per heavy atom. The summed E-state index contributed by atoms with van der Waals surface area (Å²) >= 11 is 0. The van der Waals surface area contributed by atoms with E-state index in [1.807, 2.05) is 0 Å². The normalized spacial score (nSPS) is 10.9. The summed E-state index contributed by atoms with van der Waals surface area (Å²) < 4.78 is 57.2. The number of rotatable bonds is 8. The Morgan fingerprint density at radius 3 is 2.36 bits per heavy atom. The van der Waals surface area contributed by atoms with Gasteiger partial charge < -0.3 is 29.7 Å². The highest BCUT2D eigenvalue weighted by Crippen LogP contribution is 2.43. The largest absolute Gasteiger partial charge is 0.478 e. The summed E-state index contributed by atoms with van der Waals surface area (Å²) in [6.07, 6.45) is -5.93. The Bertz CT molecular complexity index is 1850. The molecule has 1 heterocycles. The van der Waals surface area contributed by atoms with Crippen LogP contribution in [-0.4, -0.2) is 55.0 Å². The van der Waals surface area contributed by atoms with Crippen molar-refractivity contribution in [2.75, 3.05) is 36.7 Å². The molecule has 0 unspecified atom stereocenters. The molecule has 0 saturated heterocycles. The minimum atomic E-state index is -4.94. The summed E-state index contributed by atoms with van der Waals surface area (Å²) in [6, 6.07) is 10.7. The summed E-state index contributed by atoms with van der Waals surface area (Å²) in [5.74, 6) is -3.14. The van der Waals surface area contributed by atoms with Gasteiger partial charge in [0.05, 0.1) is 48.1 Å². The molecular weight excluding hydrogens is 591 g/mol. The number of esters is 1. The fourth-order valence-corrected chi connectivity index (χ4v) is 4.10. The molecule has 0 bridgehead atoms. The number of aromatic carboxylic acids is 1. The minimum Gasteiger partial charge on any atom is -0.478 e. The number of fused-ring (bicyclic) bond motifs is 1. The van der Waals surface area contributed by atoms with E-state index < -0.39 is 59.0 Å². The number of carboxylic acid groups (broad SMARTS) is 1. The summed E-state index contributed by atoms with van der Waals surface area (Å²) in [4.78, 5) is 48.3. The van der Waals surface area contributed by atoms with Crippen LogP contribution in [-0.2, 0) is 20.4 Å². The topological polar surface area (TPSA) is 193 Å². The predicted octanol–water partition coefficient (Wildman–Crippen LogP) is 5.10. The van der Waals surface area contributed by atoms with E-state index in [1.165, 1.54) is 30.3 Å². The number of ether oxygens (including phenoxy) is 2. The van der Waals surface area contributed by atoms with Gasteiger partial charge in [-0.25, -0.2) is 9.59 Å². The van der Waals surface area contributed by atoms with Crippen LogP contribution in [0.5, 0.6) is 0 Å². The van der Waals surface area contributed by atoms with Crippen molar-refractivity contribution in [1.29, 1.82) is 5.26 Å². The number of benzene rings is 3. The maximum absolute atomic E-state index is 14.3. The third-order valence-corrected chi connectivity index (χ3v) is 6.15. The van der Waals surface area contributed by atoms with Gasteiger partial charge in [0.2, 0.25) is 0 Å². The zero-order valence-electron chi connectivity index (χ0n) is 22.7. The van der Waals surface area contributed by atoms with Crippen LogP contribution < -0.4 is 16.0 Å². The first kappa shape index (κ1) is 30.8. The Balaban J connectivity index is 1.86. The molecule has 44 heavy (non-hydrogen) atoms. The Kier molecular flexibility index (Phi) is 8.70. The van der Waals surface area contributed by atoms with E-state index in [0.717, 1.165) is 26.4 Å². The number of carboxylic acids is 1. The van der Waals surface area contributed by atoms with Crippen molar-refractivity contribution in [2.24, 2.45) is 0 Å². The Hall–Kier alpha value is -6.11. The van der Waals surface area contributed by atoms with Gasteiger partial charge in [-0.3, -0.25) is 14.9 Å². The Morgan fingerprint density at radius 1 is 0.977 bits per heavy atom. The predicted molar refractivity (Wildman–Crippen MR) is 147 cm³/mol. The lowest BCUT2D eigenvalue weighted by atomic mass is 9.95. The highest BCUT2D eigenvalue weighted by molar-refractivity contribution is 6.13. The molecule has 226 valence electrons. The van der Waals surface area contributed by atoms with Gasteiger partial charge in [0.15, 0.2) is 11.3 Å². The van der Waals surface area contributed by atoms with Crippen molar-refractivity contribution in [1.82, 2.24) is 5.16 Å². The van der Waals surface area contributed by atoms with Gasteiger partial charge in [-0.2, -0.15) is 18.4 Å². The van der Waals surface area contributed by atoms with Gasteiger partial charge >= 0.3 is 24.2 Å². The van der Waals surface area contributed by atoms with Crippen LogP contribution in [0.3, 0.4) is 0 Å². The van der Waals surface area contributed by atoms with Crippen molar-refractivity contribution in [3.63, 3.8) is 0 Å². The smallest absolute Gasteiger partial charge is 0.417 e. The number of alkyl halides is 3. The molecule has 13 nitrogen and oxygen atoms in total. The summed E-state index contributed by atoms with van der Waals surface area (Å²) in [5.41, 5.74) is -2.99. The highest BCUT2D eigenvalue weighted by Gasteiger charge is 2.35. The lowest BCUT2D eigenvalue weighted by molar-refractivity contribution is -0.138. The molecule has 0 aliphatic carbocycles. The van der Waals surface area contributed by atoms with Crippen molar-refractivity contribution in [3.05, 3.63) is 70.9 Å². The number of hydrogen-bond donors (Lipinski definition) is 4. The van der Waals surface area contributed by atoms with E-state index in [0.29, 0.717) is 6.07 Å². The molecule has 16 heteroatoms. The lowest BCUT2D eigenvalue weighted by Gasteiger charge is -2.18. The molecule has 0 radical (unpaired) electrons. The first-order valence-corrected chi connectivity index (χ1v) is 12.3. The van der Waals surface area contributed by atoms with Gasteiger partial charge in [-0.15, -0.1) is 0 Å². The number of methoxy groups -OCH3 is 2. The average Bonchev–Trinajstić information content (AvgIpc) is 3.41. The molecular formula is C28H20F3N5O8.